The summed E-state index contributed by atoms with van der Waals surface area (Å²) in [6, 6.07) is 9.43. The largest absolute Gasteiger partial charge is 0.511 e. The number of hydrogen-bond donors (Lipinski definition) is 2. The molecule has 1 aromatic rings. The highest BCUT2D eigenvalue weighted by Crippen LogP contribution is 2.28. The normalized spacial score (nSPS) is 16.1. The van der Waals surface area contributed by atoms with Crippen LogP contribution in [0.3, 0.4) is 0 Å². The molecule has 0 aliphatic heterocycles. The van der Waals surface area contributed by atoms with Crippen LogP contribution in [0.1, 0.15) is 39.2 Å². The van der Waals surface area contributed by atoms with Gasteiger partial charge in [0, 0.05) is 12.0 Å². The molecular weight excluding hydrogens is 278 g/mol. The minimum absolute atomic E-state index is 0.136. The Kier molecular flexibility index (Phi) is 4.50. The Morgan fingerprint density at radius 1 is 1.14 bits per heavy atom. The molecule has 0 radical (unpaired) electrons. The Balaban J connectivity index is 2.34. The first-order valence-corrected chi connectivity index (χ1v) is 7.28. The smallest absolute Gasteiger partial charge is 0.251 e. The molecule has 0 aromatic heterocycles. The Morgan fingerprint density at radius 2 is 1.77 bits per heavy atom. The summed E-state index contributed by atoms with van der Waals surface area (Å²) in [6.07, 6.45) is 1.62. The molecule has 0 unspecified atom stereocenters. The number of aliphatic hydroxyl groups is 1. The number of hydrogen-bond acceptors (Lipinski definition) is 3. The van der Waals surface area contributed by atoms with E-state index >= 15 is 0 Å². The first-order chi connectivity index (χ1) is 10.3. The Morgan fingerprint density at radius 3 is 2.36 bits per heavy atom. The third-order valence-electron chi connectivity index (χ3n) is 3.30. The molecule has 0 saturated heterocycles. The summed E-state index contributed by atoms with van der Waals surface area (Å²) in [6.45, 7) is 5.62. The highest BCUT2D eigenvalue weighted by Gasteiger charge is 2.25. The van der Waals surface area contributed by atoms with E-state index in [0.29, 0.717) is 0 Å². The lowest BCUT2D eigenvalue weighted by molar-refractivity contribution is -0.119. The number of rotatable bonds is 2. The van der Waals surface area contributed by atoms with E-state index in [4.69, 9.17) is 0 Å². The second kappa shape index (κ2) is 6.18. The summed E-state index contributed by atoms with van der Waals surface area (Å²) in [5.41, 5.74) is 1.48. The molecule has 116 valence electrons. The van der Waals surface area contributed by atoms with Crippen LogP contribution in [0.15, 0.2) is 47.7 Å². The van der Waals surface area contributed by atoms with Crippen LogP contribution in [-0.4, -0.2) is 22.3 Å². The van der Waals surface area contributed by atoms with Crippen LogP contribution in [-0.2, 0) is 9.59 Å². The summed E-state index contributed by atoms with van der Waals surface area (Å²) in [5, 5.41) is 13.0. The number of carbonyl (C=O) groups is 2. The van der Waals surface area contributed by atoms with Crippen LogP contribution in [0.4, 0.5) is 0 Å². The van der Waals surface area contributed by atoms with Crippen molar-refractivity contribution in [2.75, 3.05) is 0 Å². The topological polar surface area (TPSA) is 66.4 Å². The molecule has 0 bridgehead atoms. The number of aliphatic hydroxyl groups excluding tert-OH is 1. The van der Waals surface area contributed by atoms with Gasteiger partial charge in [-0.2, -0.15) is 0 Å². The van der Waals surface area contributed by atoms with Crippen molar-refractivity contribution in [2.24, 2.45) is 0 Å². The number of amides is 1. The number of nitrogens with one attached hydrogen (secondary N) is 1. The van der Waals surface area contributed by atoms with Crippen molar-refractivity contribution in [1.29, 1.82) is 0 Å². The third kappa shape index (κ3) is 4.07. The Hall–Kier alpha value is -2.36. The van der Waals surface area contributed by atoms with Gasteiger partial charge in [0.1, 0.15) is 5.76 Å². The van der Waals surface area contributed by atoms with Gasteiger partial charge in [-0.05, 0) is 38.0 Å². The zero-order chi connectivity index (χ0) is 16.3. The molecule has 1 aliphatic rings. The van der Waals surface area contributed by atoms with Crippen LogP contribution < -0.4 is 5.32 Å². The van der Waals surface area contributed by atoms with E-state index < -0.39 is 5.54 Å². The van der Waals surface area contributed by atoms with Crippen molar-refractivity contribution in [1.82, 2.24) is 5.32 Å². The lowest BCUT2D eigenvalue weighted by atomic mass is 9.97. The first kappa shape index (κ1) is 16.0. The zero-order valence-corrected chi connectivity index (χ0v) is 13.1. The van der Waals surface area contributed by atoms with Crippen LogP contribution in [0, 0.1) is 0 Å². The zero-order valence-electron chi connectivity index (χ0n) is 13.1. The van der Waals surface area contributed by atoms with E-state index in [9.17, 15) is 14.7 Å². The van der Waals surface area contributed by atoms with Gasteiger partial charge in [0.2, 0.25) is 0 Å². The molecule has 1 aromatic carbocycles. The molecule has 4 heteroatoms. The molecule has 0 saturated carbocycles. The monoisotopic (exact) mass is 299 g/mol. The maximum Gasteiger partial charge on any atom is 0.251 e. The summed E-state index contributed by atoms with van der Waals surface area (Å²) in [5.74, 6) is -0.676. The van der Waals surface area contributed by atoms with Crippen LogP contribution >= 0.6 is 0 Å². The Bertz CT molecular complexity index is 649. The lowest BCUT2D eigenvalue weighted by Gasteiger charge is -2.22. The fourth-order valence-corrected chi connectivity index (χ4v) is 2.33. The van der Waals surface area contributed by atoms with Crippen LogP contribution in [0.2, 0.25) is 0 Å². The van der Waals surface area contributed by atoms with Crippen molar-refractivity contribution < 1.29 is 14.7 Å². The van der Waals surface area contributed by atoms with Crippen molar-refractivity contribution in [3.05, 3.63) is 53.3 Å². The van der Waals surface area contributed by atoms with Crippen LogP contribution in [0.5, 0.6) is 0 Å². The van der Waals surface area contributed by atoms with E-state index in [1.54, 1.807) is 0 Å². The fourth-order valence-electron chi connectivity index (χ4n) is 2.33. The third-order valence-corrected chi connectivity index (χ3v) is 3.30. The van der Waals surface area contributed by atoms with E-state index in [0.717, 1.165) is 11.1 Å². The number of allylic oxidation sites excluding steroid dienone is 3. The van der Waals surface area contributed by atoms with Crippen molar-refractivity contribution in [2.45, 2.75) is 39.2 Å². The van der Waals surface area contributed by atoms with E-state index in [1.807, 2.05) is 51.1 Å². The first-order valence-electron chi connectivity index (χ1n) is 7.28. The quantitative estimate of drug-likeness (QED) is 0.881. The van der Waals surface area contributed by atoms with E-state index in [2.05, 4.69) is 5.32 Å². The van der Waals surface area contributed by atoms with Gasteiger partial charge >= 0.3 is 0 Å². The Labute approximate surface area is 130 Å². The molecule has 22 heavy (non-hydrogen) atoms. The maximum absolute atomic E-state index is 12.4. The minimum atomic E-state index is -0.405. The number of ketones is 1. The molecule has 4 nitrogen and oxygen atoms in total. The lowest BCUT2D eigenvalue weighted by Crippen LogP contribution is -2.41. The number of carbonyl (C=O) groups excluding carboxylic acids is 2. The van der Waals surface area contributed by atoms with Gasteiger partial charge in [0.25, 0.3) is 5.91 Å². The van der Waals surface area contributed by atoms with Gasteiger partial charge in [-0.15, -0.1) is 0 Å². The van der Waals surface area contributed by atoms with Gasteiger partial charge in [0.15, 0.2) is 5.78 Å². The molecule has 0 atom stereocenters. The average Bonchev–Trinajstić information content (AvgIpc) is 2.56. The molecule has 0 heterocycles. The van der Waals surface area contributed by atoms with Gasteiger partial charge < -0.3 is 10.4 Å². The minimum Gasteiger partial charge on any atom is -0.511 e. The predicted octanol–water partition coefficient (Wildman–Crippen LogP) is 3.16. The van der Waals surface area contributed by atoms with Crippen molar-refractivity contribution >= 4 is 17.3 Å². The fraction of sp³-hybridized carbons (Fsp3) is 0.333. The summed E-state index contributed by atoms with van der Waals surface area (Å²) in [4.78, 5) is 24.3. The summed E-state index contributed by atoms with van der Waals surface area (Å²) >= 11 is 0. The van der Waals surface area contributed by atoms with Gasteiger partial charge in [-0.3, -0.25) is 9.59 Å². The molecular formula is C18H21NO3. The van der Waals surface area contributed by atoms with E-state index in [-0.39, 0.29) is 35.9 Å². The number of benzene rings is 1. The average molecular weight is 299 g/mol. The summed E-state index contributed by atoms with van der Waals surface area (Å²) < 4.78 is 0. The maximum atomic E-state index is 12.4. The second-order valence-corrected chi connectivity index (χ2v) is 6.48. The van der Waals surface area contributed by atoms with Gasteiger partial charge in [-0.25, -0.2) is 0 Å². The van der Waals surface area contributed by atoms with Crippen molar-refractivity contribution in [3.8, 4) is 0 Å². The molecule has 0 spiro atoms. The highest BCUT2D eigenvalue weighted by molar-refractivity contribution is 6.04. The summed E-state index contributed by atoms with van der Waals surface area (Å²) in [7, 11) is 0. The molecule has 2 rings (SSSR count). The van der Waals surface area contributed by atoms with E-state index in [1.165, 1.54) is 6.08 Å². The highest BCUT2D eigenvalue weighted by atomic mass is 16.3. The standard InChI is InChI=1S/C18H21NO3/c1-18(2,3)19-17(22)15-10-13(9-14(20)11-16(15)21)12-7-5-4-6-8-12/h4-9,21H,10-11H2,1-3H3,(H,19,22). The van der Waals surface area contributed by atoms with Crippen LogP contribution in [0.25, 0.3) is 5.57 Å². The molecule has 1 amide bonds. The molecule has 2 N–H and O–H groups in total. The second-order valence-electron chi connectivity index (χ2n) is 6.48. The van der Waals surface area contributed by atoms with Gasteiger partial charge in [-0.1, -0.05) is 30.3 Å². The SMILES string of the molecule is CC(C)(C)NC(=O)C1=C(O)CC(=O)C=C(c2ccccc2)C1. The van der Waals surface area contributed by atoms with Gasteiger partial charge in [0.05, 0.1) is 12.0 Å². The molecule has 0 fully saturated rings. The van der Waals surface area contributed by atoms with Crippen molar-refractivity contribution in [3.63, 3.8) is 0 Å². The predicted molar refractivity (Wildman–Crippen MR) is 86.2 cm³/mol. The molecule has 1 aliphatic carbocycles.